The van der Waals surface area contributed by atoms with E-state index in [1.54, 1.807) is 24.5 Å². The summed E-state index contributed by atoms with van der Waals surface area (Å²) >= 11 is 1.53. The number of nitrogens with zero attached hydrogens (tertiary/aromatic N) is 4. The van der Waals surface area contributed by atoms with E-state index in [0.717, 1.165) is 47.7 Å². The third-order valence-corrected chi connectivity index (χ3v) is 7.15. The molecule has 0 saturated carbocycles. The third kappa shape index (κ3) is 5.21. The van der Waals surface area contributed by atoms with Crippen LogP contribution in [0.25, 0.3) is 0 Å². The minimum Gasteiger partial charge on any atom is -0.348 e. The van der Waals surface area contributed by atoms with Crippen molar-refractivity contribution in [2.24, 2.45) is 4.99 Å². The number of benzene rings is 1. The monoisotopic (exact) mass is 486 g/mol. The second-order valence-corrected chi connectivity index (χ2v) is 9.83. The van der Waals surface area contributed by atoms with E-state index in [1.807, 2.05) is 31.2 Å². The summed E-state index contributed by atoms with van der Waals surface area (Å²) in [4.78, 5) is 42.3. The van der Waals surface area contributed by atoms with Crippen LogP contribution in [0, 0.1) is 0 Å². The highest BCUT2D eigenvalue weighted by Crippen LogP contribution is 2.28. The molecule has 9 heteroatoms. The molecule has 0 atom stereocenters. The van der Waals surface area contributed by atoms with Crippen molar-refractivity contribution in [3.8, 4) is 0 Å². The number of likely N-dealkylation sites (N-methyl/N-ethyl adjacent to an activating group) is 1. The van der Waals surface area contributed by atoms with E-state index in [1.165, 1.54) is 16.2 Å². The average molecular weight is 487 g/mol. The Morgan fingerprint density at radius 1 is 1.14 bits per heavy atom. The number of allylic oxidation sites excluding steroid dienone is 1. The highest BCUT2D eigenvalue weighted by atomic mass is 32.1. The molecule has 178 valence electrons. The number of hydrogen-bond donors (Lipinski definition) is 2. The zero-order chi connectivity index (χ0) is 24.4. The van der Waals surface area contributed by atoms with E-state index in [4.69, 9.17) is 0 Å². The normalized spacial score (nSPS) is 15.5. The maximum Gasteiger partial charge on any atom is 0.257 e. The fraction of sp³-hybridized carbons (Fsp3) is 0.269. The lowest BCUT2D eigenvalue weighted by atomic mass is 10.0. The zero-order valence-corrected chi connectivity index (χ0v) is 20.5. The summed E-state index contributed by atoms with van der Waals surface area (Å²) in [5.41, 5.74) is 5.66. The number of thiazole rings is 1. The van der Waals surface area contributed by atoms with Gasteiger partial charge >= 0.3 is 0 Å². The van der Waals surface area contributed by atoms with E-state index in [0.29, 0.717) is 29.2 Å². The van der Waals surface area contributed by atoms with Gasteiger partial charge in [0.2, 0.25) is 5.91 Å². The van der Waals surface area contributed by atoms with Crippen molar-refractivity contribution >= 4 is 34.0 Å². The average Bonchev–Trinajstić information content (AvgIpc) is 3.45. The molecule has 35 heavy (non-hydrogen) atoms. The van der Waals surface area contributed by atoms with Gasteiger partial charge in [-0.05, 0) is 49.4 Å². The summed E-state index contributed by atoms with van der Waals surface area (Å²) in [6.07, 6.45) is 4.82. The Balaban J connectivity index is 1.19. The predicted octanol–water partition coefficient (Wildman–Crippen LogP) is 3.56. The van der Waals surface area contributed by atoms with Crippen LogP contribution in [-0.2, 0) is 24.3 Å². The number of fused-ring (bicyclic) bond motifs is 1. The number of amides is 2. The molecule has 1 aromatic carbocycles. The first kappa shape index (κ1) is 23.1. The Hall–Kier alpha value is -3.69. The van der Waals surface area contributed by atoms with Gasteiger partial charge in [0.25, 0.3) is 5.91 Å². The van der Waals surface area contributed by atoms with Crippen molar-refractivity contribution in [3.05, 3.63) is 87.3 Å². The largest absolute Gasteiger partial charge is 0.348 e. The maximum atomic E-state index is 12.8. The molecular formula is C26H26N6O2S. The van der Waals surface area contributed by atoms with Gasteiger partial charge < -0.3 is 10.2 Å². The van der Waals surface area contributed by atoms with Crippen molar-refractivity contribution in [2.45, 2.75) is 32.9 Å². The van der Waals surface area contributed by atoms with Crippen LogP contribution >= 0.6 is 11.3 Å². The molecule has 0 spiro atoms. The molecule has 0 unspecified atom stereocenters. The van der Waals surface area contributed by atoms with Crippen LogP contribution in [0.3, 0.4) is 0 Å². The van der Waals surface area contributed by atoms with Gasteiger partial charge in [0, 0.05) is 66.6 Å². The number of hydrogen-bond acceptors (Lipinski definition) is 7. The molecule has 8 nitrogen and oxygen atoms in total. The van der Waals surface area contributed by atoms with Gasteiger partial charge in [0.05, 0.1) is 11.4 Å². The summed E-state index contributed by atoms with van der Waals surface area (Å²) in [7, 11) is 2.09. The molecule has 4 heterocycles. The number of carbonyl (C=O) groups is 2. The summed E-state index contributed by atoms with van der Waals surface area (Å²) in [6, 6.07) is 11.1. The fourth-order valence-corrected chi connectivity index (χ4v) is 5.30. The van der Waals surface area contributed by atoms with Crippen LogP contribution in [0.4, 0.5) is 5.13 Å². The van der Waals surface area contributed by atoms with Gasteiger partial charge in [-0.25, -0.2) is 4.98 Å². The molecule has 3 aromatic rings. The number of rotatable bonds is 6. The Morgan fingerprint density at radius 2 is 1.97 bits per heavy atom. The third-order valence-electron chi connectivity index (χ3n) is 6.16. The van der Waals surface area contributed by atoms with E-state index in [2.05, 4.69) is 37.5 Å². The van der Waals surface area contributed by atoms with Crippen LogP contribution in [0.2, 0.25) is 0 Å². The molecule has 2 aromatic heterocycles. The minimum atomic E-state index is -0.206. The molecule has 2 aliphatic rings. The minimum absolute atomic E-state index is 0.150. The number of aromatic nitrogens is 2. The standard InChI is InChI=1S/C26H26N6O2S/c1-16-20(13-22(29-16)18-6-9-27-10-7-18)25(34)28-14-17-4-3-5-19(12-17)24(33)31-26-30-21-8-11-32(2)15-23(21)35-26/h3-7,9-10,12H,8,11,13-15H2,1-2H3,(H,28,34)(H,30,31,33). The molecule has 2 aliphatic heterocycles. The van der Waals surface area contributed by atoms with Gasteiger partial charge in [0.15, 0.2) is 5.13 Å². The Kier molecular flexibility index (Phi) is 6.52. The van der Waals surface area contributed by atoms with Crippen LogP contribution in [0.15, 0.2) is 65.1 Å². The maximum absolute atomic E-state index is 12.8. The Morgan fingerprint density at radius 3 is 2.80 bits per heavy atom. The predicted molar refractivity (Wildman–Crippen MR) is 136 cm³/mol. The zero-order valence-electron chi connectivity index (χ0n) is 19.7. The summed E-state index contributed by atoms with van der Waals surface area (Å²) < 4.78 is 0. The van der Waals surface area contributed by atoms with Gasteiger partial charge in [0.1, 0.15) is 0 Å². The summed E-state index contributed by atoms with van der Waals surface area (Å²) in [5.74, 6) is -0.356. The van der Waals surface area contributed by atoms with E-state index < -0.39 is 0 Å². The Bertz CT molecular complexity index is 1340. The topological polar surface area (TPSA) is 99.6 Å². The number of carbonyl (C=O) groups excluding carboxylic acids is 2. The first-order chi connectivity index (χ1) is 17.0. The number of nitrogens with one attached hydrogen (secondary N) is 2. The summed E-state index contributed by atoms with van der Waals surface area (Å²) in [5, 5.41) is 6.52. The molecule has 5 rings (SSSR count). The number of pyridine rings is 1. The van der Waals surface area contributed by atoms with Crippen LogP contribution in [0.1, 0.15) is 45.4 Å². The highest BCUT2D eigenvalue weighted by Gasteiger charge is 2.22. The van der Waals surface area contributed by atoms with Crippen LogP contribution in [0.5, 0.6) is 0 Å². The fourth-order valence-electron chi connectivity index (χ4n) is 4.22. The molecule has 0 fully saturated rings. The first-order valence-electron chi connectivity index (χ1n) is 11.5. The first-order valence-corrected chi connectivity index (χ1v) is 12.3. The van der Waals surface area contributed by atoms with E-state index in [-0.39, 0.29) is 11.8 Å². The highest BCUT2D eigenvalue weighted by molar-refractivity contribution is 7.15. The second kappa shape index (κ2) is 9.89. The van der Waals surface area contributed by atoms with Crippen molar-refractivity contribution in [3.63, 3.8) is 0 Å². The number of anilines is 1. The number of aliphatic imine (C=N–C) groups is 1. The lowest BCUT2D eigenvalue weighted by Gasteiger charge is -2.20. The second-order valence-electron chi connectivity index (χ2n) is 8.75. The summed E-state index contributed by atoms with van der Waals surface area (Å²) in [6.45, 7) is 4.01. The molecular weight excluding hydrogens is 460 g/mol. The molecule has 0 saturated heterocycles. The quantitative estimate of drug-likeness (QED) is 0.555. The Labute approximate surface area is 207 Å². The molecule has 0 aliphatic carbocycles. The van der Waals surface area contributed by atoms with Gasteiger partial charge in [-0.15, -0.1) is 11.3 Å². The van der Waals surface area contributed by atoms with Gasteiger partial charge in [-0.3, -0.25) is 24.9 Å². The van der Waals surface area contributed by atoms with Crippen molar-refractivity contribution in [1.29, 1.82) is 0 Å². The SMILES string of the molecule is CC1=C(C(=O)NCc2cccc(C(=O)Nc3nc4c(s3)CN(C)CC4)c2)CC(c2ccncc2)=N1. The smallest absolute Gasteiger partial charge is 0.257 e. The van der Waals surface area contributed by atoms with E-state index in [9.17, 15) is 9.59 Å². The van der Waals surface area contributed by atoms with Gasteiger partial charge in [-0.1, -0.05) is 12.1 Å². The van der Waals surface area contributed by atoms with Crippen LogP contribution < -0.4 is 10.6 Å². The van der Waals surface area contributed by atoms with Crippen molar-refractivity contribution in [1.82, 2.24) is 20.2 Å². The molecule has 0 radical (unpaired) electrons. The lowest BCUT2D eigenvalue weighted by Crippen LogP contribution is -2.25. The van der Waals surface area contributed by atoms with Crippen molar-refractivity contribution in [2.75, 3.05) is 18.9 Å². The van der Waals surface area contributed by atoms with Crippen molar-refractivity contribution < 1.29 is 9.59 Å². The van der Waals surface area contributed by atoms with Gasteiger partial charge in [-0.2, -0.15) is 0 Å². The van der Waals surface area contributed by atoms with E-state index >= 15 is 0 Å². The molecule has 2 amide bonds. The lowest BCUT2D eigenvalue weighted by molar-refractivity contribution is -0.117. The molecule has 2 N–H and O–H groups in total. The molecule has 0 bridgehead atoms. The van der Waals surface area contributed by atoms with Crippen LogP contribution in [-0.4, -0.2) is 46.0 Å².